The second-order valence-corrected chi connectivity index (χ2v) is 4.46. The molecule has 0 aromatic heterocycles. The highest BCUT2D eigenvalue weighted by atomic mass is 35.5. The number of nitrogens with one attached hydrogen (secondary N) is 1. The quantitative estimate of drug-likeness (QED) is 0.773. The Bertz CT molecular complexity index is 433. The first kappa shape index (κ1) is 19.6. The summed E-state index contributed by atoms with van der Waals surface area (Å²) in [7, 11) is 0. The van der Waals surface area contributed by atoms with Crippen LogP contribution in [0.1, 0.15) is 25.3 Å². The molecule has 3 N–H and O–H groups in total. The SMILES string of the molecule is CCCC(N)C(=O)NCc1cccc(OCC(F)F)c1.Cl. The number of halogens is 3. The molecule has 0 spiro atoms. The van der Waals surface area contributed by atoms with E-state index in [9.17, 15) is 13.6 Å². The fraction of sp³-hybridized carbons (Fsp3) is 0.500. The highest BCUT2D eigenvalue weighted by Gasteiger charge is 2.11. The van der Waals surface area contributed by atoms with E-state index in [2.05, 4.69) is 5.32 Å². The Morgan fingerprint density at radius 2 is 2.14 bits per heavy atom. The van der Waals surface area contributed by atoms with Crippen LogP contribution in [0, 0.1) is 0 Å². The first-order chi connectivity index (χ1) is 9.52. The summed E-state index contributed by atoms with van der Waals surface area (Å²) in [6, 6.07) is 6.16. The van der Waals surface area contributed by atoms with Crippen molar-refractivity contribution >= 4 is 18.3 Å². The third-order valence-electron chi connectivity index (χ3n) is 2.68. The zero-order valence-electron chi connectivity index (χ0n) is 11.9. The van der Waals surface area contributed by atoms with Crippen molar-refractivity contribution in [2.75, 3.05) is 6.61 Å². The van der Waals surface area contributed by atoms with Gasteiger partial charge in [0.05, 0.1) is 6.04 Å². The van der Waals surface area contributed by atoms with Crippen LogP contribution >= 0.6 is 12.4 Å². The van der Waals surface area contributed by atoms with Crippen molar-refractivity contribution in [3.63, 3.8) is 0 Å². The minimum Gasteiger partial charge on any atom is -0.488 e. The molecule has 0 fully saturated rings. The Balaban J connectivity index is 0.00000400. The van der Waals surface area contributed by atoms with Crippen LogP contribution in [0.4, 0.5) is 8.78 Å². The molecule has 1 atom stereocenters. The van der Waals surface area contributed by atoms with Crippen molar-refractivity contribution in [1.82, 2.24) is 5.32 Å². The summed E-state index contributed by atoms with van der Waals surface area (Å²) in [6.45, 7) is 1.61. The van der Waals surface area contributed by atoms with Crippen molar-refractivity contribution in [1.29, 1.82) is 0 Å². The predicted molar refractivity (Wildman–Crippen MR) is 79.9 cm³/mol. The molecule has 120 valence electrons. The molecule has 1 aromatic rings. The van der Waals surface area contributed by atoms with Gasteiger partial charge in [-0.25, -0.2) is 8.78 Å². The number of rotatable bonds is 8. The number of carbonyl (C=O) groups excluding carboxylic acids is 1. The lowest BCUT2D eigenvalue weighted by Crippen LogP contribution is -2.40. The smallest absolute Gasteiger partial charge is 0.272 e. The number of amides is 1. The summed E-state index contributed by atoms with van der Waals surface area (Å²) in [5.41, 5.74) is 6.45. The van der Waals surface area contributed by atoms with Gasteiger partial charge in [-0.2, -0.15) is 0 Å². The van der Waals surface area contributed by atoms with Crippen molar-refractivity contribution in [2.45, 2.75) is 38.8 Å². The maximum absolute atomic E-state index is 12.0. The van der Waals surface area contributed by atoms with Gasteiger partial charge in [-0.3, -0.25) is 4.79 Å². The zero-order valence-corrected chi connectivity index (χ0v) is 12.7. The minimum atomic E-state index is -2.51. The summed E-state index contributed by atoms with van der Waals surface area (Å²) >= 11 is 0. The zero-order chi connectivity index (χ0) is 15.0. The van der Waals surface area contributed by atoms with E-state index in [1.54, 1.807) is 24.3 Å². The van der Waals surface area contributed by atoms with Gasteiger partial charge in [0.2, 0.25) is 5.91 Å². The number of ether oxygens (including phenoxy) is 1. The van der Waals surface area contributed by atoms with Crippen molar-refractivity contribution < 1.29 is 18.3 Å². The highest BCUT2D eigenvalue weighted by molar-refractivity contribution is 5.85. The molecular formula is C14H21ClF2N2O2. The van der Waals surface area contributed by atoms with E-state index in [0.29, 0.717) is 18.7 Å². The number of hydrogen-bond donors (Lipinski definition) is 2. The molecule has 0 heterocycles. The predicted octanol–water partition coefficient (Wildman–Crippen LogP) is 2.50. The standard InChI is InChI=1S/C14H20F2N2O2.ClH/c1-2-4-12(17)14(19)18-8-10-5-3-6-11(7-10)20-9-13(15)16;/h3,5-7,12-13H,2,4,8-9,17H2,1H3,(H,18,19);1H. The average molecular weight is 323 g/mol. The van der Waals surface area contributed by atoms with Crippen LogP contribution in [0.15, 0.2) is 24.3 Å². The van der Waals surface area contributed by atoms with Crippen LogP contribution in [0.2, 0.25) is 0 Å². The van der Waals surface area contributed by atoms with Crippen LogP contribution in [-0.2, 0) is 11.3 Å². The molecule has 0 saturated carbocycles. The maximum Gasteiger partial charge on any atom is 0.272 e. The summed E-state index contributed by atoms with van der Waals surface area (Å²) < 4.78 is 29.0. The van der Waals surface area contributed by atoms with Gasteiger partial charge < -0.3 is 15.8 Å². The van der Waals surface area contributed by atoms with E-state index < -0.39 is 19.1 Å². The Hall–Kier alpha value is -1.40. The number of nitrogens with two attached hydrogens (primary N) is 1. The third kappa shape index (κ3) is 7.82. The van der Waals surface area contributed by atoms with Gasteiger partial charge in [-0.1, -0.05) is 25.5 Å². The van der Waals surface area contributed by atoms with Gasteiger partial charge in [-0.15, -0.1) is 12.4 Å². The molecule has 21 heavy (non-hydrogen) atoms. The molecule has 1 amide bonds. The molecule has 0 radical (unpaired) electrons. The molecular weight excluding hydrogens is 302 g/mol. The first-order valence-corrected chi connectivity index (χ1v) is 6.56. The Morgan fingerprint density at radius 3 is 2.76 bits per heavy atom. The lowest BCUT2D eigenvalue weighted by atomic mass is 10.1. The van der Waals surface area contributed by atoms with Crippen molar-refractivity contribution in [3.05, 3.63) is 29.8 Å². The van der Waals surface area contributed by atoms with E-state index in [-0.39, 0.29) is 18.3 Å². The normalized spacial score (nSPS) is 11.7. The molecule has 7 heteroatoms. The van der Waals surface area contributed by atoms with Crippen LogP contribution < -0.4 is 15.8 Å². The molecule has 4 nitrogen and oxygen atoms in total. The maximum atomic E-state index is 12.0. The number of alkyl halides is 2. The van der Waals surface area contributed by atoms with E-state index in [0.717, 1.165) is 12.0 Å². The van der Waals surface area contributed by atoms with Crippen molar-refractivity contribution in [2.24, 2.45) is 5.73 Å². The van der Waals surface area contributed by atoms with Gasteiger partial charge in [0, 0.05) is 6.54 Å². The third-order valence-corrected chi connectivity index (χ3v) is 2.68. The Morgan fingerprint density at radius 1 is 1.43 bits per heavy atom. The average Bonchev–Trinajstić information content (AvgIpc) is 2.43. The Kier molecular flexibility index (Phi) is 9.65. The lowest BCUT2D eigenvalue weighted by Gasteiger charge is -2.12. The number of carbonyl (C=O) groups is 1. The van der Waals surface area contributed by atoms with Crippen LogP contribution in [0.3, 0.4) is 0 Å². The first-order valence-electron chi connectivity index (χ1n) is 6.56. The molecule has 1 rings (SSSR count). The second-order valence-electron chi connectivity index (χ2n) is 4.46. The second kappa shape index (κ2) is 10.3. The van der Waals surface area contributed by atoms with Gasteiger partial charge in [0.15, 0.2) is 0 Å². The van der Waals surface area contributed by atoms with Crippen LogP contribution in [-0.4, -0.2) is 25.0 Å². The van der Waals surface area contributed by atoms with Crippen molar-refractivity contribution in [3.8, 4) is 5.75 Å². The fourth-order valence-electron chi connectivity index (χ4n) is 1.67. The topological polar surface area (TPSA) is 64.4 Å². The summed E-state index contributed by atoms with van der Waals surface area (Å²) in [5.74, 6) is 0.139. The summed E-state index contributed by atoms with van der Waals surface area (Å²) in [5, 5.41) is 2.71. The van der Waals surface area contributed by atoms with Gasteiger partial charge in [0.1, 0.15) is 12.4 Å². The minimum absolute atomic E-state index is 0. The molecule has 0 aliphatic rings. The highest BCUT2D eigenvalue weighted by Crippen LogP contribution is 2.14. The monoisotopic (exact) mass is 322 g/mol. The van der Waals surface area contributed by atoms with E-state index in [4.69, 9.17) is 10.5 Å². The van der Waals surface area contributed by atoms with Gasteiger partial charge in [-0.05, 0) is 24.1 Å². The molecule has 0 saturated heterocycles. The lowest BCUT2D eigenvalue weighted by molar-refractivity contribution is -0.122. The van der Waals surface area contributed by atoms with Gasteiger partial charge in [0.25, 0.3) is 6.43 Å². The van der Waals surface area contributed by atoms with Gasteiger partial charge >= 0.3 is 0 Å². The number of hydrogen-bond acceptors (Lipinski definition) is 3. The van der Waals surface area contributed by atoms with E-state index in [1.165, 1.54) is 0 Å². The summed E-state index contributed by atoms with van der Waals surface area (Å²) in [4.78, 5) is 11.6. The summed E-state index contributed by atoms with van der Waals surface area (Å²) in [6.07, 6.45) is -1.04. The Labute approximate surface area is 129 Å². The molecule has 0 aliphatic heterocycles. The largest absolute Gasteiger partial charge is 0.488 e. The number of benzene rings is 1. The molecule has 0 bridgehead atoms. The molecule has 1 unspecified atom stereocenters. The fourth-order valence-corrected chi connectivity index (χ4v) is 1.67. The van der Waals surface area contributed by atoms with E-state index in [1.807, 2.05) is 6.92 Å². The van der Waals surface area contributed by atoms with Crippen LogP contribution in [0.25, 0.3) is 0 Å². The van der Waals surface area contributed by atoms with Crippen LogP contribution in [0.5, 0.6) is 5.75 Å². The van der Waals surface area contributed by atoms with E-state index >= 15 is 0 Å². The molecule has 0 aliphatic carbocycles. The molecule has 1 aromatic carbocycles.